The predicted molar refractivity (Wildman–Crippen MR) is 84.2 cm³/mol. The van der Waals surface area contributed by atoms with E-state index in [2.05, 4.69) is 52.1 Å². The predicted octanol–water partition coefficient (Wildman–Crippen LogP) is 3.67. The molecule has 0 unspecified atom stereocenters. The van der Waals surface area contributed by atoms with Crippen molar-refractivity contribution >= 4 is 17.4 Å². The Hall–Kier alpha value is -1.61. The lowest BCUT2D eigenvalue weighted by atomic mass is 10.2. The highest BCUT2D eigenvalue weighted by atomic mass is 35.5. The van der Waals surface area contributed by atoms with E-state index >= 15 is 0 Å². The molecule has 0 aliphatic heterocycles. The molecule has 0 bridgehead atoms. The Balaban J connectivity index is 2.17. The summed E-state index contributed by atoms with van der Waals surface area (Å²) >= 11 is 5.93. The molecular weight excluding hydrogens is 270 g/mol. The van der Waals surface area contributed by atoms with Crippen molar-refractivity contribution in [1.29, 1.82) is 0 Å². The van der Waals surface area contributed by atoms with E-state index in [-0.39, 0.29) is 0 Å². The molecule has 0 saturated carbocycles. The zero-order valence-corrected chi connectivity index (χ0v) is 12.6. The maximum Gasteiger partial charge on any atom is 0.132 e. The fourth-order valence-electron chi connectivity index (χ4n) is 2.13. The molecule has 3 nitrogen and oxygen atoms in total. The third-order valence-electron chi connectivity index (χ3n) is 3.11. The van der Waals surface area contributed by atoms with E-state index in [0.717, 1.165) is 37.4 Å². The maximum absolute atomic E-state index is 5.93. The van der Waals surface area contributed by atoms with E-state index in [1.54, 1.807) is 6.33 Å². The molecule has 0 aliphatic rings. The molecule has 4 heteroatoms. The Morgan fingerprint density at radius 1 is 1.15 bits per heavy atom. The molecule has 20 heavy (non-hydrogen) atoms. The number of hydrogen-bond donors (Lipinski definition) is 0. The number of rotatable bonds is 7. The molecule has 0 saturated heterocycles. The molecule has 0 spiro atoms. The summed E-state index contributed by atoms with van der Waals surface area (Å²) in [4.78, 5) is 10.9. The van der Waals surface area contributed by atoms with Gasteiger partial charge in [0.2, 0.25) is 0 Å². The number of hydrogen-bond acceptors (Lipinski definition) is 3. The van der Waals surface area contributed by atoms with Crippen LogP contribution in [0, 0.1) is 0 Å². The smallest absolute Gasteiger partial charge is 0.132 e. The number of anilines is 1. The van der Waals surface area contributed by atoms with Gasteiger partial charge in [-0.3, -0.25) is 0 Å². The van der Waals surface area contributed by atoms with Gasteiger partial charge in [-0.2, -0.15) is 0 Å². The topological polar surface area (TPSA) is 29.0 Å². The van der Waals surface area contributed by atoms with Crippen molar-refractivity contribution in [2.24, 2.45) is 0 Å². The van der Waals surface area contributed by atoms with Crippen molar-refractivity contribution in [2.45, 2.75) is 26.3 Å². The SMILES string of the molecule is CCCc1cc(N(CCCl)Cc2ccccc2)ncn1. The highest BCUT2D eigenvalue weighted by molar-refractivity contribution is 6.18. The van der Waals surface area contributed by atoms with Crippen LogP contribution in [0.15, 0.2) is 42.7 Å². The Labute approximate surface area is 125 Å². The Morgan fingerprint density at radius 2 is 1.95 bits per heavy atom. The zero-order valence-electron chi connectivity index (χ0n) is 11.8. The summed E-state index contributed by atoms with van der Waals surface area (Å²) in [6, 6.07) is 12.4. The molecule has 0 N–H and O–H groups in total. The summed E-state index contributed by atoms with van der Waals surface area (Å²) in [5.74, 6) is 1.54. The highest BCUT2D eigenvalue weighted by Gasteiger charge is 2.09. The second-order valence-corrected chi connectivity index (χ2v) is 5.09. The van der Waals surface area contributed by atoms with E-state index in [0.29, 0.717) is 5.88 Å². The van der Waals surface area contributed by atoms with Crippen LogP contribution in [0.25, 0.3) is 0 Å². The number of aryl methyl sites for hydroxylation is 1. The van der Waals surface area contributed by atoms with Gasteiger partial charge in [0, 0.05) is 30.7 Å². The summed E-state index contributed by atoms with van der Waals surface area (Å²) < 4.78 is 0. The third kappa shape index (κ3) is 4.20. The number of halogens is 1. The minimum atomic E-state index is 0.583. The molecule has 1 aromatic carbocycles. The van der Waals surface area contributed by atoms with Crippen molar-refractivity contribution in [1.82, 2.24) is 9.97 Å². The van der Waals surface area contributed by atoms with Crippen molar-refractivity contribution in [3.05, 3.63) is 54.0 Å². The van der Waals surface area contributed by atoms with Crippen LogP contribution in [0.4, 0.5) is 5.82 Å². The van der Waals surface area contributed by atoms with Gasteiger partial charge in [0.05, 0.1) is 0 Å². The highest BCUT2D eigenvalue weighted by Crippen LogP contribution is 2.15. The summed E-state index contributed by atoms with van der Waals surface area (Å²) in [5, 5.41) is 0. The lowest BCUT2D eigenvalue weighted by molar-refractivity contribution is 0.800. The van der Waals surface area contributed by atoms with Gasteiger partial charge in [-0.15, -0.1) is 11.6 Å². The molecule has 1 heterocycles. The molecule has 0 radical (unpaired) electrons. The molecule has 0 amide bonds. The second-order valence-electron chi connectivity index (χ2n) is 4.71. The van der Waals surface area contributed by atoms with Crippen LogP contribution in [-0.4, -0.2) is 22.4 Å². The molecule has 2 rings (SSSR count). The van der Waals surface area contributed by atoms with Crippen LogP contribution in [0.2, 0.25) is 0 Å². The Kier molecular flexibility index (Phi) is 5.81. The van der Waals surface area contributed by atoms with E-state index < -0.39 is 0 Å². The second kappa shape index (κ2) is 7.85. The maximum atomic E-state index is 5.93. The molecule has 2 aromatic rings. The first kappa shape index (κ1) is 14.8. The molecule has 1 aromatic heterocycles. The van der Waals surface area contributed by atoms with Gasteiger partial charge in [0.15, 0.2) is 0 Å². The first-order valence-electron chi connectivity index (χ1n) is 6.99. The first-order valence-corrected chi connectivity index (χ1v) is 7.52. The molecule has 0 aliphatic carbocycles. The fraction of sp³-hybridized carbons (Fsp3) is 0.375. The Morgan fingerprint density at radius 3 is 2.65 bits per heavy atom. The number of aromatic nitrogens is 2. The Bertz CT molecular complexity index is 516. The first-order chi connectivity index (χ1) is 9.83. The average Bonchev–Trinajstić information content (AvgIpc) is 2.49. The standard InChI is InChI=1S/C16H20ClN3/c1-2-6-15-11-16(19-13-18-15)20(10-9-17)12-14-7-4-3-5-8-14/h3-5,7-8,11,13H,2,6,9-10,12H2,1H3. The zero-order chi connectivity index (χ0) is 14.2. The van der Waals surface area contributed by atoms with Crippen molar-refractivity contribution in [2.75, 3.05) is 17.3 Å². The fourth-order valence-corrected chi connectivity index (χ4v) is 2.34. The number of alkyl halides is 1. The van der Waals surface area contributed by atoms with Crippen LogP contribution in [-0.2, 0) is 13.0 Å². The van der Waals surface area contributed by atoms with Crippen molar-refractivity contribution in [3.63, 3.8) is 0 Å². The molecule has 106 valence electrons. The van der Waals surface area contributed by atoms with Crippen LogP contribution in [0.3, 0.4) is 0 Å². The minimum Gasteiger partial charge on any atom is -0.351 e. The van der Waals surface area contributed by atoms with Gasteiger partial charge in [-0.1, -0.05) is 43.7 Å². The van der Waals surface area contributed by atoms with Crippen molar-refractivity contribution < 1.29 is 0 Å². The number of nitrogens with zero attached hydrogens (tertiary/aromatic N) is 3. The average molecular weight is 290 g/mol. The molecular formula is C16H20ClN3. The van der Waals surface area contributed by atoms with Gasteiger partial charge >= 0.3 is 0 Å². The van der Waals surface area contributed by atoms with E-state index in [9.17, 15) is 0 Å². The number of benzene rings is 1. The largest absolute Gasteiger partial charge is 0.351 e. The van der Waals surface area contributed by atoms with Gasteiger partial charge in [0.25, 0.3) is 0 Å². The van der Waals surface area contributed by atoms with Crippen LogP contribution < -0.4 is 4.90 Å². The molecule has 0 fully saturated rings. The van der Waals surface area contributed by atoms with Crippen molar-refractivity contribution in [3.8, 4) is 0 Å². The summed E-state index contributed by atoms with van der Waals surface area (Å²) in [6.07, 6.45) is 3.72. The quantitative estimate of drug-likeness (QED) is 0.728. The van der Waals surface area contributed by atoms with E-state index in [4.69, 9.17) is 11.6 Å². The van der Waals surface area contributed by atoms with Gasteiger partial charge < -0.3 is 4.90 Å². The van der Waals surface area contributed by atoms with Gasteiger partial charge in [-0.05, 0) is 12.0 Å². The third-order valence-corrected chi connectivity index (χ3v) is 3.28. The van der Waals surface area contributed by atoms with Gasteiger partial charge in [0.1, 0.15) is 12.1 Å². The van der Waals surface area contributed by atoms with E-state index in [1.165, 1.54) is 5.56 Å². The van der Waals surface area contributed by atoms with Crippen LogP contribution >= 0.6 is 11.6 Å². The minimum absolute atomic E-state index is 0.583. The van der Waals surface area contributed by atoms with Crippen LogP contribution in [0.1, 0.15) is 24.6 Å². The monoisotopic (exact) mass is 289 g/mol. The molecule has 0 atom stereocenters. The van der Waals surface area contributed by atoms with Gasteiger partial charge in [-0.25, -0.2) is 9.97 Å². The lowest BCUT2D eigenvalue weighted by Gasteiger charge is -2.23. The van der Waals surface area contributed by atoms with Crippen LogP contribution in [0.5, 0.6) is 0 Å². The lowest BCUT2D eigenvalue weighted by Crippen LogP contribution is -2.26. The summed E-state index contributed by atoms with van der Waals surface area (Å²) in [5.41, 5.74) is 2.35. The van der Waals surface area contributed by atoms with E-state index in [1.807, 2.05) is 6.07 Å². The summed E-state index contributed by atoms with van der Waals surface area (Å²) in [6.45, 7) is 3.75. The summed E-state index contributed by atoms with van der Waals surface area (Å²) in [7, 11) is 0. The normalized spacial score (nSPS) is 10.5.